The standard InChI is InChI=1S/C14H24N6O8/c15-6(1-2-9(16)22)12(25)20-7(3-10(17)23)13(26)18-4-11(24)19-8(5-21)14(27)28/h6-8,21H,1-5,15H2,(H2,16,22)(H2,17,23)(H,18,26)(H,19,24)(H,20,25)(H,27,28). The second-order valence-corrected chi connectivity index (χ2v) is 5.70. The van der Waals surface area contributed by atoms with Crippen molar-refractivity contribution in [3.05, 3.63) is 0 Å². The number of aliphatic hydroxyl groups excluding tert-OH is 1. The van der Waals surface area contributed by atoms with Crippen LogP contribution in [0, 0.1) is 0 Å². The predicted molar refractivity (Wildman–Crippen MR) is 91.8 cm³/mol. The first kappa shape index (κ1) is 24.7. The molecule has 0 saturated heterocycles. The van der Waals surface area contributed by atoms with Gasteiger partial charge in [-0.1, -0.05) is 0 Å². The third-order valence-electron chi connectivity index (χ3n) is 3.32. The lowest BCUT2D eigenvalue weighted by molar-refractivity contribution is -0.143. The minimum Gasteiger partial charge on any atom is -0.480 e. The van der Waals surface area contributed by atoms with Crippen LogP contribution < -0.4 is 33.2 Å². The van der Waals surface area contributed by atoms with Gasteiger partial charge >= 0.3 is 5.97 Å². The van der Waals surface area contributed by atoms with E-state index in [-0.39, 0.29) is 12.8 Å². The number of nitrogens with one attached hydrogen (secondary N) is 3. The van der Waals surface area contributed by atoms with Gasteiger partial charge in [-0.2, -0.15) is 0 Å². The largest absolute Gasteiger partial charge is 0.480 e. The molecule has 0 rings (SSSR count). The van der Waals surface area contributed by atoms with Gasteiger partial charge in [-0.05, 0) is 6.42 Å². The summed E-state index contributed by atoms with van der Waals surface area (Å²) in [5, 5.41) is 23.7. The highest BCUT2D eigenvalue weighted by atomic mass is 16.4. The van der Waals surface area contributed by atoms with E-state index in [9.17, 15) is 28.8 Å². The van der Waals surface area contributed by atoms with Crippen molar-refractivity contribution in [3.8, 4) is 0 Å². The Labute approximate surface area is 159 Å². The van der Waals surface area contributed by atoms with Crippen molar-refractivity contribution in [2.75, 3.05) is 13.2 Å². The minimum absolute atomic E-state index is 0.0911. The summed E-state index contributed by atoms with van der Waals surface area (Å²) in [6.07, 6.45) is -0.862. The molecule has 0 saturated carbocycles. The van der Waals surface area contributed by atoms with E-state index in [1.165, 1.54) is 0 Å². The maximum absolute atomic E-state index is 12.1. The monoisotopic (exact) mass is 404 g/mol. The van der Waals surface area contributed by atoms with Gasteiger partial charge < -0.3 is 43.4 Å². The fraction of sp³-hybridized carbons (Fsp3) is 0.571. The van der Waals surface area contributed by atoms with Gasteiger partial charge in [0.05, 0.1) is 25.6 Å². The number of carboxylic acids is 1. The van der Waals surface area contributed by atoms with Crippen molar-refractivity contribution in [2.24, 2.45) is 17.2 Å². The zero-order chi connectivity index (χ0) is 21.9. The summed E-state index contributed by atoms with van der Waals surface area (Å²) in [7, 11) is 0. The third kappa shape index (κ3) is 10.0. The molecule has 3 atom stereocenters. The number of carbonyl (C=O) groups is 6. The van der Waals surface area contributed by atoms with E-state index in [2.05, 4.69) is 10.6 Å². The highest BCUT2D eigenvalue weighted by Crippen LogP contribution is 1.98. The molecule has 0 aromatic rings. The number of hydrogen-bond acceptors (Lipinski definition) is 8. The van der Waals surface area contributed by atoms with Crippen LogP contribution in [0.2, 0.25) is 0 Å². The van der Waals surface area contributed by atoms with Crippen LogP contribution in [0.25, 0.3) is 0 Å². The summed E-state index contributed by atoms with van der Waals surface area (Å²) in [6, 6.07) is -4.20. The maximum Gasteiger partial charge on any atom is 0.328 e. The minimum atomic E-state index is -1.56. The Balaban J connectivity index is 4.78. The van der Waals surface area contributed by atoms with E-state index in [4.69, 9.17) is 27.4 Å². The number of primary amides is 2. The average molecular weight is 404 g/mol. The molecule has 0 aliphatic carbocycles. The van der Waals surface area contributed by atoms with Crippen LogP contribution in [0.5, 0.6) is 0 Å². The Morgan fingerprint density at radius 2 is 1.50 bits per heavy atom. The molecule has 14 heteroatoms. The van der Waals surface area contributed by atoms with Crippen LogP contribution in [0.3, 0.4) is 0 Å². The van der Waals surface area contributed by atoms with Gasteiger partial charge in [0.25, 0.3) is 0 Å². The lowest BCUT2D eigenvalue weighted by Crippen LogP contribution is -2.54. The average Bonchev–Trinajstić information content (AvgIpc) is 2.60. The van der Waals surface area contributed by atoms with Gasteiger partial charge in [0.15, 0.2) is 0 Å². The maximum atomic E-state index is 12.1. The molecule has 11 N–H and O–H groups in total. The summed E-state index contributed by atoms with van der Waals surface area (Å²) in [4.78, 5) is 68.2. The zero-order valence-electron chi connectivity index (χ0n) is 14.8. The fourth-order valence-corrected chi connectivity index (χ4v) is 1.84. The van der Waals surface area contributed by atoms with Crippen molar-refractivity contribution >= 4 is 35.5 Å². The van der Waals surface area contributed by atoms with E-state index in [1.807, 2.05) is 5.32 Å². The molecular weight excluding hydrogens is 380 g/mol. The number of amides is 5. The lowest BCUT2D eigenvalue weighted by atomic mass is 10.1. The molecule has 5 amide bonds. The van der Waals surface area contributed by atoms with Crippen LogP contribution >= 0.6 is 0 Å². The first-order valence-electron chi connectivity index (χ1n) is 8.01. The molecule has 158 valence electrons. The third-order valence-corrected chi connectivity index (χ3v) is 3.32. The van der Waals surface area contributed by atoms with Crippen molar-refractivity contribution < 1.29 is 39.0 Å². The highest BCUT2D eigenvalue weighted by Gasteiger charge is 2.26. The van der Waals surface area contributed by atoms with E-state index in [0.717, 1.165) is 0 Å². The normalized spacial score (nSPS) is 13.5. The number of hydrogen-bond donors (Lipinski definition) is 8. The van der Waals surface area contributed by atoms with Crippen LogP contribution in [0.1, 0.15) is 19.3 Å². The number of nitrogens with two attached hydrogens (primary N) is 3. The summed E-state index contributed by atoms with van der Waals surface area (Å²) in [5.74, 6) is -5.83. The molecule has 0 aromatic heterocycles. The van der Waals surface area contributed by atoms with Crippen molar-refractivity contribution in [3.63, 3.8) is 0 Å². The smallest absolute Gasteiger partial charge is 0.328 e. The number of aliphatic carboxylic acids is 1. The summed E-state index contributed by atoms with van der Waals surface area (Å²) < 4.78 is 0. The van der Waals surface area contributed by atoms with Crippen LogP contribution in [-0.4, -0.2) is 77.0 Å². The molecular formula is C14H24N6O8. The van der Waals surface area contributed by atoms with Gasteiger partial charge in [-0.25, -0.2) is 4.79 Å². The second-order valence-electron chi connectivity index (χ2n) is 5.70. The van der Waals surface area contributed by atoms with Gasteiger partial charge in [0.2, 0.25) is 29.5 Å². The molecule has 0 aliphatic rings. The number of rotatable bonds is 13. The number of aliphatic hydroxyl groups is 1. The van der Waals surface area contributed by atoms with Gasteiger partial charge in [0, 0.05) is 6.42 Å². The van der Waals surface area contributed by atoms with Crippen LogP contribution in [0.15, 0.2) is 0 Å². The number of carboxylic acid groups (broad SMARTS) is 1. The van der Waals surface area contributed by atoms with Crippen molar-refractivity contribution in [1.82, 2.24) is 16.0 Å². The molecule has 0 spiro atoms. The zero-order valence-corrected chi connectivity index (χ0v) is 14.8. The Morgan fingerprint density at radius 1 is 0.893 bits per heavy atom. The molecule has 3 unspecified atom stereocenters. The van der Waals surface area contributed by atoms with Gasteiger partial charge in [-0.15, -0.1) is 0 Å². The predicted octanol–water partition coefficient (Wildman–Crippen LogP) is -5.38. The molecule has 0 bridgehead atoms. The molecule has 28 heavy (non-hydrogen) atoms. The van der Waals surface area contributed by atoms with Crippen LogP contribution in [0.4, 0.5) is 0 Å². The van der Waals surface area contributed by atoms with E-state index in [0.29, 0.717) is 0 Å². The SMILES string of the molecule is NC(=O)CCC(N)C(=O)NC(CC(N)=O)C(=O)NCC(=O)NC(CO)C(=O)O. The fourth-order valence-electron chi connectivity index (χ4n) is 1.84. The van der Waals surface area contributed by atoms with Crippen molar-refractivity contribution in [2.45, 2.75) is 37.4 Å². The van der Waals surface area contributed by atoms with E-state index in [1.54, 1.807) is 0 Å². The molecule has 0 radical (unpaired) electrons. The molecule has 0 aromatic carbocycles. The Morgan fingerprint density at radius 3 is 1.96 bits per heavy atom. The molecule has 0 fully saturated rings. The van der Waals surface area contributed by atoms with Gasteiger partial charge in [-0.3, -0.25) is 24.0 Å². The van der Waals surface area contributed by atoms with E-state index >= 15 is 0 Å². The first-order valence-corrected chi connectivity index (χ1v) is 8.01. The Hall–Kier alpha value is -3.26. The number of carbonyl (C=O) groups excluding carboxylic acids is 5. The molecule has 0 aliphatic heterocycles. The summed E-state index contributed by atoms with van der Waals surface area (Å²) >= 11 is 0. The van der Waals surface area contributed by atoms with Gasteiger partial charge in [0.1, 0.15) is 12.1 Å². The summed E-state index contributed by atoms with van der Waals surface area (Å²) in [5.41, 5.74) is 15.5. The van der Waals surface area contributed by atoms with E-state index < -0.39 is 73.2 Å². The Kier molecular flexibility index (Phi) is 10.8. The Bertz CT molecular complexity index is 625. The lowest BCUT2D eigenvalue weighted by Gasteiger charge is -2.19. The molecule has 14 nitrogen and oxygen atoms in total. The highest BCUT2D eigenvalue weighted by molar-refractivity contribution is 5.95. The van der Waals surface area contributed by atoms with Crippen molar-refractivity contribution in [1.29, 1.82) is 0 Å². The molecule has 0 heterocycles. The second kappa shape index (κ2) is 12.2. The quantitative estimate of drug-likeness (QED) is 0.145. The summed E-state index contributed by atoms with van der Waals surface area (Å²) in [6.45, 7) is -1.56. The topological polar surface area (TPSA) is 257 Å². The first-order chi connectivity index (χ1) is 13.0. The van der Waals surface area contributed by atoms with Crippen LogP contribution in [-0.2, 0) is 28.8 Å².